The van der Waals surface area contributed by atoms with Gasteiger partial charge in [-0.3, -0.25) is 9.48 Å². The fourth-order valence-corrected chi connectivity index (χ4v) is 5.08. The molecule has 4 rings (SSSR count). The molecule has 1 amide bonds. The normalized spacial score (nSPS) is 20.7. The first-order valence-corrected chi connectivity index (χ1v) is 10.8. The van der Waals surface area contributed by atoms with Gasteiger partial charge in [0.05, 0.1) is 7.11 Å². The first-order chi connectivity index (χ1) is 14.2. The molecular weight excluding hydrogens is 364 g/mol. The highest BCUT2D eigenvalue weighted by atomic mass is 16.5. The Morgan fingerprint density at radius 2 is 1.86 bits per heavy atom. The summed E-state index contributed by atoms with van der Waals surface area (Å²) in [7, 11) is 1.69. The van der Waals surface area contributed by atoms with Crippen LogP contribution in [-0.4, -0.2) is 42.4 Å². The van der Waals surface area contributed by atoms with Crippen LogP contribution in [0.25, 0.3) is 0 Å². The Kier molecular flexibility index (Phi) is 5.90. The Bertz CT molecular complexity index is 789. The van der Waals surface area contributed by atoms with E-state index in [1.54, 1.807) is 13.3 Å². The lowest BCUT2D eigenvalue weighted by atomic mass is 9.69. The number of methoxy groups -OCH3 is 1. The molecular formula is C23H32N4O2. The molecule has 1 aromatic carbocycles. The molecule has 29 heavy (non-hydrogen) atoms. The highest BCUT2D eigenvalue weighted by Gasteiger charge is 2.43. The molecule has 2 N–H and O–H groups in total. The lowest BCUT2D eigenvalue weighted by Crippen LogP contribution is -2.56. The molecule has 0 unspecified atom stereocenters. The van der Waals surface area contributed by atoms with Gasteiger partial charge in [-0.25, -0.2) is 0 Å². The minimum absolute atomic E-state index is 0.00158. The molecule has 0 spiro atoms. The smallest absolute Gasteiger partial charge is 0.248 e. The van der Waals surface area contributed by atoms with Crippen molar-refractivity contribution in [1.29, 1.82) is 0 Å². The van der Waals surface area contributed by atoms with Crippen LogP contribution in [0.15, 0.2) is 42.7 Å². The van der Waals surface area contributed by atoms with Gasteiger partial charge in [-0.05, 0) is 62.5 Å². The fourth-order valence-electron chi connectivity index (χ4n) is 5.08. The maximum Gasteiger partial charge on any atom is 0.248 e. The van der Waals surface area contributed by atoms with Crippen molar-refractivity contribution >= 4 is 5.91 Å². The highest BCUT2D eigenvalue weighted by molar-refractivity contribution is 5.84. The number of nitrogens with one attached hydrogen (secondary N) is 2. The zero-order valence-electron chi connectivity index (χ0n) is 17.3. The monoisotopic (exact) mass is 396 g/mol. The number of hydrogen-bond donors (Lipinski definition) is 2. The molecule has 1 saturated carbocycles. The maximum absolute atomic E-state index is 13.5. The summed E-state index contributed by atoms with van der Waals surface area (Å²) in [5.74, 6) is 0.970. The summed E-state index contributed by atoms with van der Waals surface area (Å²) < 4.78 is 7.20. The third kappa shape index (κ3) is 3.90. The van der Waals surface area contributed by atoms with Gasteiger partial charge in [0.15, 0.2) is 0 Å². The zero-order valence-corrected chi connectivity index (χ0v) is 17.3. The molecule has 0 radical (unpaired) electrons. The van der Waals surface area contributed by atoms with E-state index in [1.807, 2.05) is 29.1 Å². The summed E-state index contributed by atoms with van der Waals surface area (Å²) in [5.41, 5.74) is 0.708. The Morgan fingerprint density at radius 1 is 1.14 bits per heavy atom. The quantitative estimate of drug-likeness (QED) is 0.788. The number of carbonyl (C=O) groups excluding carboxylic acids is 1. The van der Waals surface area contributed by atoms with Gasteiger partial charge in [-0.2, -0.15) is 5.10 Å². The number of nitrogens with zero attached hydrogens (tertiary/aromatic N) is 2. The number of piperidine rings is 1. The van der Waals surface area contributed by atoms with Gasteiger partial charge >= 0.3 is 0 Å². The second-order valence-electron chi connectivity index (χ2n) is 8.48. The number of rotatable bonds is 6. The van der Waals surface area contributed by atoms with Crippen molar-refractivity contribution in [2.45, 2.75) is 55.9 Å². The van der Waals surface area contributed by atoms with Gasteiger partial charge in [0, 0.05) is 24.4 Å². The van der Waals surface area contributed by atoms with Gasteiger partial charge in [0.2, 0.25) is 5.91 Å². The number of aromatic nitrogens is 2. The van der Waals surface area contributed by atoms with Crippen LogP contribution in [0.3, 0.4) is 0 Å². The first-order valence-electron chi connectivity index (χ1n) is 10.8. The van der Waals surface area contributed by atoms with Crippen LogP contribution in [0.1, 0.15) is 50.5 Å². The Hall–Kier alpha value is -2.34. The highest BCUT2D eigenvalue weighted by Crippen LogP contribution is 2.40. The number of carbonyl (C=O) groups is 1. The van der Waals surface area contributed by atoms with Crippen LogP contribution < -0.4 is 15.4 Å². The summed E-state index contributed by atoms with van der Waals surface area (Å²) >= 11 is 0. The van der Waals surface area contributed by atoms with Crippen molar-refractivity contribution < 1.29 is 9.53 Å². The first kappa shape index (κ1) is 20.0. The van der Waals surface area contributed by atoms with Crippen LogP contribution in [0.5, 0.6) is 5.75 Å². The SMILES string of the molecule is COc1ccc(C2(CNC(=O)C3(n4cccn4)CCNCC3)CCCCC2)cc1. The fraction of sp³-hybridized carbons (Fsp3) is 0.565. The molecule has 1 aliphatic carbocycles. The van der Waals surface area contributed by atoms with Crippen LogP contribution in [0.4, 0.5) is 0 Å². The lowest BCUT2D eigenvalue weighted by molar-refractivity contribution is -0.132. The van der Waals surface area contributed by atoms with Gasteiger partial charge in [-0.15, -0.1) is 0 Å². The van der Waals surface area contributed by atoms with Gasteiger partial charge < -0.3 is 15.4 Å². The van der Waals surface area contributed by atoms with E-state index in [1.165, 1.54) is 24.8 Å². The molecule has 156 valence electrons. The van der Waals surface area contributed by atoms with E-state index in [9.17, 15) is 4.79 Å². The van der Waals surface area contributed by atoms with Crippen molar-refractivity contribution in [2.75, 3.05) is 26.7 Å². The van der Waals surface area contributed by atoms with Crippen molar-refractivity contribution in [3.63, 3.8) is 0 Å². The molecule has 1 saturated heterocycles. The summed E-state index contributed by atoms with van der Waals surface area (Å²) in [6.07, 6.45) is 11.1. The van der Waals surface area contributed by atoms with Crippen LogP contribution in [0, 0.1) is 0 Å². The molecule has 2 aromatic rings. The van der Waals surface area contributed by atoms with E-state index in [2.05, 4.69) is 27.9 Å². The van der Waals surface area contributed by atoms with Crippen molar-refractivity contribution in [1.82, 2.24) is 20.4 Å². The summed E-state index contributed by atoms with van der Waals surface area (Å²) in [6.45, 7) is 2.34. The van der Waals surface area contributed by atoms with Gasteiger partial charge in [0.1, 0.15) is 11.3 Å². The Labute approximate surface area is 173 Å². The van der Waals surface area contributed by atoms with Crippen molar-refractivity contribution in [2.24, 2.45) is 0 Å². The third-order valence-electron chi connectivity index (χ3n) is 6.90. The topological polar surface area (TPSA) is 68.2 Å². The predicted molar refractivity (Wildman–Crippen MR) is 113 cm³/mol. The summed E-state index contributed by atoms with van der Waals surface area (Å²) in [5, 5.41) is 11.2. The van der Waals surface area contributed by atoms with E-state index < -0.39 is 5.54 Å². The van der Waals surface area contributed by atoms with Gasteiger partial charge in [0.25, 0.3) is 0 Å². The molecule has 2 heterocycles. The van der Waals surface area contributed by atoms with Crippen LogP contribution in [0.2, 0.25) is 0 Å². The van der Waals surface area contributed by atoms with E-state index in [0.717, 1.165) is 44.5 Å². The number of amides is 1. The van der Waals surface area contributed by atoms with Crippen LogP contribution in [-0.2, 0) is 15.7 Å². The van der Waals surface area contributed by atoms with E-state index in [4.69, 9.17) is 4.74 Å². The lowest BCUT2D eigenvalue weighted by Gasteiger charge is -2.41. The predicted octanol–water partition coefficient (Wildman–Crippen LogP) is 2.99. The second-order valence-corrected chi connectivity index (χ2v) is 8.48. The second kappa shape index (κ2) is 8.57. The molecule has 2 aliphatic rings. The number of benzene rings is 1. The van der Waals surface area contributed by atoms with Gasteiger partial charge in [-0.1, -0.05) is 31.4 Å². The average Bonchev–Trinajstić information content (AvgIpc) is 3.34. The van der Waals surface area contributed by atoms with Crippen molar-refractivity contribution in [3.05, 3.63) is 48.3 Å². The van der Waals surface area contributed by atoms with E-state index in [0.29, 0.717) is 6.54 Å². The minimum atomic E-state index is -0.593. The van der Waals surface area contributed by atoms with Crippen LogP contribution >= 0.6 is 0 Å². The molecule has 0 bridgehead atoms. The Morgan fingerprint density at radius 3 is 2.48 bits per heavy atom. The summed E-state index contributed by atoms with van der Waals surface area (Å²) in [6, 6.07) is 10.3. The Balaban J connectivity index is 1.55. The minimum Gasteiger partial charge on any atom is -0.497 e. The summed E-state index contributed by atoms with van der Waals surface area (Å²) in [4.78, 5) is 13.5. The van der Waals surface area contributed by atoms with E-state index >= 15 is 0 Å². The maximum atomic E-state index is 13.5. The third-order valence-corrected chi connectivity index (χ3v) is 6.90. The molecule has 2 fully saturated rings. The number of hydrogen-bond acceptors (Lipinski definition) is 4. The number of ether oxygens (including phenoxy) is 1. The van der Waals surface area contributed by atoms with Crippen molar-refractivity contribution in [3.8, 4) is 5.75 Å². The standard InChI is InChI=1S/C23H32N4O2/c1-29-20-8-6-19(7-9-20)22(10-3-2-4-11-22)18-25-21(28)23(12-15-24-16-13-23)27-17-5-14-26-27/h5-9,14,17,24H,2-4,10-13,15-16,18H2,1H3,(H,25,28). The molecule has 0 atom stereocenters. The molecule has 6 heteroatoms. The molecule has 6 nitrogen and oxygen atoms in total. The molecule has 1 aliphatic heterocycles. The zero-order chi connectivity index (χ0) is 20.2. The molecule has 1 aromatic heterocycles. The van der Waals surface area contributed by atoms with E-state index in [-0.39, 0.29) is 11.3 Å². The largest absolute Gasteiger partial charge is 0.497 e. The average molecular weight is 397 g/mol.